The van der Waals surface area contributed by atoms with Gasteiger partial charge in [-0.05, 0) is 55.8 Å². The van der Waals surface area contributed by atoms with Crippen LogP contribution in [0.4, 0.5) is 0 Å². The summed E-state index contributed by atoms with van der Waals surface area (Å²) in [5.74, 6) is 0.805. The number of nitrogens with one attached hydrogen (secondary N) is 2. The smallest absolute Gasteiger partial charge is 0.252 e. The molecule has 1 atom stereocenters. The lowest BCUT2D eigenvalue weighted by Gasteiger charge is -2.44. The molecule has 5 rings (SSSR count). The number of carbonyl (C=O) groups excluding carboxylic acids is 1. The van der Waals surface area contributed by atoms with Gasteiger partial charge in [-0.1, -0.05) is 48.5 Å². The molecule has 0 aromatic heterocycles. The zero-order valence-electron chi connectivity index (χ0n) is 14.3. The molecule has 24 heavy (non-hydrogen) atoms. The molecule has 3 nitrogen and oxygen atoms in total. The van der Waals surface area contributed by atoms with E-state index in [0.29, 0.717) is 0 Å². The van der Waals surface area contributed by atoms with E-state index in [-0.39, 0.29) is 17.5 Å². The van der Waals surface area contributed by atoms with Crippen LogP contribution in [0, 0.1) is 19.8 Å². The molecule has 2 aromatic carbocycles. The third-order valence-corrected chi connectivity index (χ3v) is 5.72. The molecule has 3 heteroatoms. The van der Waals surface area contributed by atoms with Gasteiger partial charge in [-0.25, -0.2) is 0 Å². The number of hydrogen-bond acceptors (Lipinski definition) is 2. The van der Waals surface area contributed by atoms with Gasteiger partial charge >= 0.3 is 0 Å². The van der Waals surface area contributed by atoms with Crippen LogP contribution in [0.25, 0.3) is 0 Å². The normalized spacial score (nSPS) is 25.8. The summed E-state index contributed by atoms with van der Waals surface area (Å²) in [6.45, 7) is 5.08. The minimum absolute atomic E-state index is 0.0176. The first-order chi connectivity index (χ1) is 11.6. The van der Waals surface area contributed by atoms with Crippen LogP contribution in [0.15, 0.2) is 48.5 Å². The molecule has 1 unspecified atom stereocenters. The van der Waals surface area contributed by atoms with E-state index in [4.69, 9.17) is 0 Å². The van der Waals surface area contributed by atoms with E-state index in [0.717, 1.165) is 42.0 Å². The van der Waals surface area contributed by atoms with Gasteiger partial charge < -0.3 is 10.6 Å². The number of rotatable bonds is 4. The van der Waals surface area contributed by atoms with Crippen molar-refractivity contribution < 1.29 is 4.79 Å². The number of fused-ring (bicyclic) bond motifs is 1. The maximum absolute atomic E-state index is 13.0. The SMILES string of the molecule is Cc1cccc(C)c1C(=O)NC(c1ccccc1)C12CC(CN1)C2. The highest BCUT2D eigenvalue weighted by Gasteiger charge is 2.55. The Labute approximate surface area is 143 Å². The number of hydrogen-bond donors (Lipinski definition) is 2. The summed E-state index contributed by atoms with van der Waals surface area (Å²) in [7, 11) is 0. The molecule has 2 bridgehead atoms. The van der Waals surface area contributed by atoms with Crippen molar-refractivity contribution in [3.05, 3.63) is 70.8 Å². The second-order valence-electron chi connectivity index (χ2n) is 7.40. The molecule has 1 aliphatic carbocycles. The van der Waals surface area contributed by atoms with E-state index < -0.39 is 0 Å². The van der Waals surface area contributed by atoms with Crippen molar-refractivity contribution in [2.75, 3.05) is 6.54 Å². The van der Waals surface area contributed by atoms with Crippen LogP contribution in [-0.2, 0) is 0 Å². The molecular formula is C21H24N2O. The Morgan fingerprint density at radius 1 is 1.08 bits per heavy atom. The zero-order valence-corrected chi connectivity index (χ0v) is 14.3. The molecule has 2 saturated heterocycles. The summed E-state index contributed by atoms with van der Waals surface area (Å²) in [5, 5.41) is 7.03. The van der Waals surface area contributed by atoms with Gasteiger partial charge in [0.15, 0.2) is 0 Å². The van der Waals surface area contributed by atoms with E-state index in [1.54, 1.807) is 0 Å². The Morgan fingerprint density at radius 2 is 1.75 bits per heavy atom. The summed E-state index contributed by atoms with van der Waals surface area (Å²) in [5.41, 5.74) is 4.08. The average molecular weight is 320 g/mol. The second-order valence-corrected chi connectivity index (χ2v) is 7.40. The van der Waals surface area contributed by atoms with Crippen molar-refractivity contribution >= 4 is 5.91 Å². The first-order valence-corrected chi connectivity index (χ1v) is 8.76. The molecule has 0 radical (unpaired) electrons. The van der Waals surface area contributed by atoms with Gasteiger partial charge in [-0.15, -0.1) is 0 Å². The molecule has 1 saturated carbocycles. The van der Waals surface area contributed by atoms with Crippen LogP contribution >= 0.6 is 0 Å². The highest BCUT2D eigenvalue weighted by atomic mass is 16.1. The first-order valence-electron chi connectivity index (χ1n) is 8.76. The standard InChI is InChI=1S/C21H24N2O/c1-14-7-6-8-15(2)18(14)20(24)23-19(17-9-4-3-5-10-17)21-11-16(12-21)13-22-21/h3-10,16,19,22H,11-13H2,1-2H3,(H,23,24). The van der Waals surface area contributed by atoms with Crippen LogP contribution in [0.3, 0.4) is 0 Å². The summed E-state index contributed by atoms with van der Waals surface area (Å²) < 4.78 is 0. The zero-order chi connectivity index (χ0) is 16.7. The van der Waals surface area contributed by atoms with Crippen molar-refractivity contribution in [3.63, 3.8) is 0 Å². The Kier molecular flexibility index (Phi) is 3.69. The molecule has 3 aliphatic rings. The Balaban J connectivity index is 1.67. The van der Waals surface area contributed by atoms with Crippen LogP contribution < -0.4 is 10.6 Å². The van der Waals surface area contributed by atoms with Gasteiger partial charge in [0.05, 0.1) is 6.04 Å². The third kappa shape index (κ3) is 2.44. The van der Waals surface area contributed by atoms with Gasteiger partial charge in [0.2, 0.25) is 0 Å². The topological polar surface area (TPSA) is 41.1 Å². The van der Waals surface area contributed by atoms with Gasteiger partial charge in [0, 0.05) is 11.1 Å². The molecule has 2 heterocycles. The van der Waals surface area contributed by atoms with Crippen LogP contribution in [-0.4, -0.2) is 18.0 Å². The number of benzene rings is 2. The lowest BCUT2D eigenvalue weighted by atomic mass is 9.67. The minimum Gasteiger partial charge on any atom is -0.343 e. The Hall–Kier alpha value is -2.13. The molecule has 2 aromatic rings. The quantitative estimate of drug-likeness (QED) is 0.905. The van der Waals surface area contributed by atoms with E-state index in [1.165, 1.54) is 5.56 Å². The fraction of sp³-hybridized carbons (Fsp3) is 0.381. The fourth-order valence-corrected chi connectivity index (χ4v) is 4.51. The Bertz CT molecular complexity index is 737. The van der Waals surface area contributed by atoms with Gasteiger partial charge in [0.1, 0.15) is 0 Å². The summed E-state index contributed by atoms with van der Waals surface area (Å²) in [4.78, 5) is 13.0. The van der Waals surface area contributed by atoms with Crippen LogP contribution in [0.5, 0.6) is 0 Å². The monoisotopic (exact) mass is 320 g/mol. The summed E-state index contributed by atoms with van der Waals surface area (Å²) in [6.07, 6.45) is 2.30. The van der Waals surface area contributed by atoms with E-state index in [9.17, 15) is 4.79 Å². The summed E-state index contributed by atoms with van der Waals surface area (Å²) in [6, 6.07) is 16.4. The largest absolute Gasteiger partial charge is 0.343 e. The number of amides is 1. The molecule has 2 N–H and O–H groups in total. The van der Waals surface area contributed by atoms with E-state index >= 15 is 0 Å². The van der Waals surface area contributed by atoms with Crippen molar-refractivity contribution in [1.29, 1.82) is 0 Å². The average Bonchev–Trinajstić information content (AvgIpc) is 3.14. The van der Waals surface area contributed by atoms with Crippen molar-refractivity contribution in [1.82, 2.24) is 10.6 Å². The van der Waals surface area contributed by atoms with Crippen LogP contribution in [0.2, 0.25) is 0 Å². The highest BCUT2D eigenvalue weighted by Crippen LogP contribution is 2.50. The molecule has 3 fully saturated rings. The summed E-state index contributed by atoms with van der Waals surface area (Å²) >= 11 is 0. The van der Waals surface area contributed by atoms with Crippen molar-refractivity contribution in [2.24, 2.45) is 5.92 Å². The van der Waals surface area contributed by atoms with E-state index in [2.05, 4.69) is 34.9 Å². The van der Waals surface area contributed by atoms with Crippen LogP contribution in [0.1, 0.15) is 45.9 Å². The second kappa shape index (κ2) is 5.75. The predicted octanol–water partition coefficient (Wildman–Crippen LogP) is 3.53. The highest BCUT2D eigenvalue weighted by molar-refractivity contribution is 5.97. The fourth-order valence-electron chi connectivity index (χ4n) is 4.51. The van der Waals surface area contributed by atoms with Gasteiger partial charge in [-0.2, -0.15) is 0 Å². The minimum atomic E-state index is 0.0176. The Morgan fingerprint density at radius 3 is 2.33 bits per heavy atom. The van der Waals surface area contributed by atoms with Crippen molar-refractivity contribution in [2.45, 2.75) is 38.3 Å². The first kappa shape index (κ1) is 15.4. The number of aryl methyl sites for hydroxylation is 2. The maximum atomic E-state index is 13.0. The third-order valence-electron chi connectivity index (χ3n) is 5.72. The number of carbonyl (C=O) groups is 1. The molecular weight excluding hydrogens is 296 g/mol. The predicted molar refractivity (Wildman–Crippen MR) is 96.0 cm³/mol. The van der Waals surface area contributed by atoms with Gasteiger partial charge in [-0.3, -0.25) is 4.79 Å². The van der Waals surface area contributed by atoms with Gasteiger partial charge in [0.25, 0.3) is 5.91 Å². The molecule has 0 spiro atoms. The maximum Gasteiger partial charge on any atom is 0.252 e. The molecule has 2 aliphatic heterocycles. The van der Waals surface area contributed by atoms with Crippen molar-refractivity contribution in [3.8, 4) is 0 Å². The molecule has 124 valence electrons. The molecule has 1 amide bonds. The lowest BCUT2D eigenvalue weighted by molar-refractivity contribution is 0.0861. The lowest BCUT2D eigenvalue weighted by Crippen LogP contribution is -2.54. The van der Waals surface area contributed by atoms with E-state index in [1.807, 2.05) is 38.1 Å².